The van der Waals surface area contributed by atoms with Gasteiger partial charge in [-0.15, -0.1) is 0 Å². The van der Waals surface area contributed by atoms with Gasteiger partial charge in [-0.3, -0.25) is 9.59 Å². The average Bonchev–Trinajstić information content (AvgIpc) is 2.61. The van der Waals surface area contributed by atoms with Gasteiger partial charge in [0.2, 0.25) is 0 Å². The van der Waals surface area contributed by atoms with Gasteiger partial charge < -0.3 is 5.32 Å². The number of carbonyl (C=O) groups is 2. The van der Waals surface area contributed by atoms with Gasteiger partial charge in [0.05, 0.1) is 11.8 Å². The Bertz CT molecular complexity index is 807. The van der Waals surface area contributed by atoms with Crippen molar-refractivity contribution in [3.63, 3.8) is 0 Å². The van der Waals surface area contributed by atoms with Crippen LogP contribution in [0.1, 0.15) is 29.8 Å². The van der Waals surface area contributed by atoms with E-state index in [0.29, 0.717) is 0 Å². The fourth-order valence-electron chi connectivity index (χ4n) is 2.19. The van der Waals surface area contributed by atoms with E-state index in [1.165, 1.54) is 24.4 Å². The summed E-state index contributed by atoms with van der Waals surface area (Å²) in [6, 6.07) is 12.2. The van der Waals surface area contributed by atoms with Crippen LogP contribution in [0.2, 0.25) is 0 Å². The quantitative estimate of drug-likeness (QED) is 0.555. The second-order valence-electron chi connectivity index (χ2n) is 5.96. The fraction of sp³-hybridized carbons (Fsp3) is 0.211. The van der Waals surface area contributed by atoms with E-state index in [4.69, 9.17) is 0 Å². The van der Waals surface area contributed by atoms with Crippen molar-refractivity contribution >= 4 is 34.0 Å². The van der Waals surface area contributed by atoms with Crippen molar-refractivity contribution in [2.75, 3.05) is 0 Å². The second kappa shape index (κ2) is 9.24. The molecule has 5 nitrogen and oxygen atoms in total. The lowest BCUT2D eigenvalue weighted by Crippen LogP contribution is -2.48. The third kappa shape index (κ3) is 5.49. The van der Waals surface area contributed by atoms with E-state index in [0.717, 1.165) is 10.0 Å². The van der Waals surface area contributed by atoms with E-state index in [2.05, 4.69) is 31.8 Å². The van der Waals surface area contributed by atoms with Crippen LogP contribution in [0, 0.1) is 11.7 Å². The summed E-state index contributed by atoms with van der Waals surface area (Å²) in [6.45, 7) is 3.56. The van der Waals surface area contributed by atoms with Gasteiger partial charge in [-0.1, -0.05) is 54.0 Å². The van der Waals surface area contributed by atoms with Crippen molar-refractivity contribution in [2.45, 2.75) is 19.9 Å². The summed E-state index contributed by atoms with van der Waals surface area (Å²) < 4.78 is 14.7. The number of hydrazone groups is 1. The van der Waals surface area contributed by atoms with Gasteiger partial charge in [0.15, 0.2) is 0 Å². The number of hydrogen-bond donors (Lipinski definition) is 2. The molecule has 2 N–H and O–H groups in total. The number of amides is 2. The molecule has 0 saturated heterocycles. The number of rotatable bonds is 6. The maximum Gasteiger partial charge on any atom is 0.262 e. The molecule has 0 radical (unpaired) electrons. The summed E-state index contributed by atoms with van der Waals surface area (Å²) in [5, 5.41) is 6.47. The Hall–Kier alpha value is -2.54. The van der Waals surface area contributed by atoms with E-state index in [-0.39, 0.29) is 11.5 Å². The van der Waals surface area contributed by atoms with Crippen LogP contribution in [0.5, 0.6) is 0 Å². The van der Waals surface area contributed by atoms with Crippen molar-refractivity contribution in [1.82, 2.24) is 10.7 Å². The van der Waals surface area contributed by atoms with Gasteiger partial charge in [-0.05, 0) is 35.7 Å². The van der Waals surface area contributed by atoms with Gasteiger partial charge >= 0.3 is 0 Å². The number of nitrogens with zero attached hydrogens (tertiary/aromatic N) is 1. The lowest BCUT2D eigenvalue weighted by Gasteiger charge is -2.20. The molecule has 0 aromatic heterocycles. The minimum atomic E-state index is -0.843. The van der Waals surface area contributed by atoms with Crippen molar-refractivity contribution in [3.05, 3.63) is 69.9 Å². The van der Waals surface area contributed by atoms with E-state index in [9.17, 15) is 14.0 Å². The number of halogens is 2. The van der Waals surface area contributed by atoms with E-state index >= 15 is 0 Å². The first-order chi connectivity index (χ1) is 12.4. The lowest BCUT2D eigenvalue weighted by atomic mass is 10.0. The fourth-order valence-corrected chi connectivity index (χ4v) is 2.45. The number of nitrogens with one attached hydrogen (secondary N) is 2. The number of benzene rings is 2. The van der Waals surface area contributed by atoms with Crippen molar-refractivity contribution in [1.29, 1.82) is 0 Å². The zero-order valence-corrected chi connectivity index (χ0v) is 16.0. The predicted octanol–water partition coefficient (Wildman–Crippen LogP) is 3.49. The Morgan fingerprint density at radius 2 is 1.77 bits per heavy atom. The summed E-state index contributed by atoms with van der Waals surface area (Å²) in [5.74, 6) is -1.96. The first kappa shape index (κ1) is 19.8. The molecule has 0 saturated carbocycles. The Morgan fingerprint density at radius 3 is 2.38 bits per heavy atom. The maximum absolute atomic E-state index is 13.7. The minimum Gasteiger partial charge on any atom is -0.340 e. The molecule has 2 amide bonds. The Kier molecular flexibility index (Phi) is 7.03. The molecule has 0 fully saturated rings. The molecule has 2 aromatic rings. The molecule has 2 rings (SSSR count). The molecule has 1 unspecified atom stereocenters. The van der Waals surface area contributed by atoms with Crippen LogP contribution in [-0.2, 0) is 4.79 Å². The van der Waals surface area contributed by atoms with E-state index < -0.39 is 23.7 Å². The summed E-state index contributed by atoms with van der Waals surface area (Å²) in [5.41, 5.74) is 3.11. The molecule has 2 aromatic carbocycles. The average molecular weight is 420 g/mol. The highest BCUT2D eigenvalue weighted by atomic mass is 79.9. The molecular weight excluding hydrogens is 401 g/mol. The van der Waals surface area contributed by atoms with Crippen LogP contribution in [0.25, 0.3) is 0 Å². The summed E-state index contributed by atoms with van der Waals surface area (Å²) in [6.07, 6.45) is 1.50. The van der Waals surface area contributed by atoms with Crippen LogP contribution < -0.4 is 10.7 Å². The van der Waals surface area contributed by atoms with Crippen LogP contribution in [0.4, 0.5) is 4.39 Å². The third-order valence-corrected chi connectivity index (χ3v) is 4.14. The zero-order chi connectivity index (χ0) is 19.1. The SMILES string of the molecule is CC(C)C(NC(=O)c1ccccc1F)C(=O)NN=Cc1ccc(Br)cc1. The standard InChI is InChI=1S/C19H19BrFN3O2/c1-12(2)17(23-18(25)15-5-3-4-6-16(15)21)19(26)24-22-11-13-7-9-14(20)10-8-13/h3-12,17H,1-2H3,(H,23,25)(H,24,26). The highest BCUT2D eigenvalue weighted by Crippen LogP contribution is 2.10. The molecule has 0 aliphatic carbocycles. The maximum atomic E-state index is 13.7. The zero-order valence-electron chi connectivity index (χ0n) is 14.4. The molecule has 0 aliphatic heterocycles. The van der Waals surface area contributed by atoms with Gasteiger partial charge in [-0.2, -0.15) is 5.10 Å². The van der Waals surface area contributed by atoms with E-state index in [1.807, 2.05) is 24.3 Å². The first-order valence-electron chi connectivity index (χ1n) is 8.02. The van der Waals surface area contributed by atoms with Crippen LogP contribution in [0.15, 0.2) is 58.1 Å². The van der Waals surface area contributed by atoms with Crippen molar-refractivity contribution < 1.29 is 14.0 Å². The van der Waals surface area contributed by atoms with Gasteiger partial charge in [0, 0.05) is 4.47 Å². The third-order valence-electron chi connectivity index (χ3n) is 3.61. The number of hydrogen-bond acceptors (Lipinski definition) is 3. The highest BCUT2D eigenvalue weighted by Gasteiger charge is 2.25. The molecule has 26 heavy (non-hydrogen) atoms. The number of carbonyl (C=O) groups excluding carboxylic acids is 2. The Morgan fingerprint density at radius 1 is 1.12 bits per heavy atom. The van der Waals surface area contributed by atoms with Crippen molar-refractivity contribution in [2.24, 2.45) is 11.0 Å². The van der Waals surface area contributed by atoms with Crippen LogP contribution in [-0.4, -0.2) is 24.1 Å². The molecule has 7 heteroatoms. The minimum absolute atomic E-state index is 0.107. The monoisotopic (exact) mass is 419 g/mol. The summed E-state index contributed by atoms with van der Waals surface area (Å²) in [7, 11) is 0. The van der Waals surface area contributed by atoms with Gasteiger partial charge in [-0.25, -0.2) is 9.82 Å². The largest absolute Gasteiger partial charge is 0.340 e. The lowest BCUT2D eigenvalue weighted by molar-refractivity contribution is -0.123. The van der Waals surface area contributed by atoms with Gasteiger partial charge in [0.1, 0.15) is 11.9 Å². The summed E-state index contributed by atoms with van der Waals surface area (Å²) >= 11 is 3.34. The predicted molar refractivity (Wildman–Crippen MR) is 102 cm³/mol. The second-order valence-corrected chi connectivity index (χ2v) is 6.88. The molecule has 0 aliphatic rings. The Labute approximate surface area is 159 Å². The molecule has 0 heterocycles. The smallest absolute Gasteiger partial charge is 0.262 e. The highest BCUT2D eigenvalue weighted by molar-refractivity contribution is 9.10. The molecule has 136 valence electrons. The van der Waals surface area contributed by atoms with E-state index in [1.54, 1.807) is 19.9 Å². The molecular formula is C19H19BrFN3O2. The summed E-state index contributed by atoms with van der Waals surface area (Å²) in [4.78, 5) is 24.6. The van der Waals surface area contributed by atoms with Crippen LogP contribution >= 0.6 is 15.9 Å². The Balaban J connectivity index is 2.02. The molecule has 1 atom stereocenters. The molecule has 0 bridgehead atoms. The first-order valence-corrected chi connectivity index (χ1v) is 8.81. The molecule has 0 spiro atoms. The topological polar surface area (TPSA) is 70.6 Å². The van der Waals surface area contributed by atoms with Crippen LogP contribution in [0.3, 0.4) is 0 Å². The van der Waals surface area contributed by atoms with Crippen molar-refractivity contribution in [3.8, 4) is 0 Å². The normalized spacial score (nSPS) is 12.2. The van der Waals surface area contributed by atoms with Gasteiger partial charge in [0.25, 0.3) is 11.8 Å².